The van der Waals surface area contributed by atoms with E-state index in [-0.39, 0.29) is 0 Å². The molecule has 0 aliphatic heterocycles. The average molecular weight is 220 g/mol. The van der Waals surface area contributed by atoms with E-state index in [2.05, 4.69) is 20.4 Å². The van der Waals surface area contributed by atoms with Crippen molar-refractivity contribution < 1.29 is 9.26 Å². The first kappa shape index (κ1) is 10.4. The molecule has 2 aromatic rings. The first-order valence-electron chi connectivity index (χ1n) is 4.81. The summed E-state index contributed by atoms with van der Waals surface area (Å²) >= 11 is 0. The third kappa shape index (κ3) is 2.47. The average Bonchev–Trinajstić information content (AvgIpc) is 2.73. The summed E-state index contributed by atoms with van der Waals surface area (Å²) in [6.07, 6.45) is 1.69. The van der Waals surface area contributed by atoms with Gasteiger partial charge in [0, 0.05) is 18.8 Å². The number of nitrogens with zero attached hydrogens (tertiary/aromatic N) is 3. The van der Waals surface area contributed by atoms with Gasteiger partial charge in [0.1, 0.15) is 0 Å². The molecule has 0 fully saturated rings. The molecule has 0 saturated carbocycles. The minimum atomic E-state index is 0.410. The summed E-state index contributed by atoms with van der Waals surface area (Å²) in [5.41, 5.74) is 1.03. The Morgan fingerprint density at radius 2 is 2.38 bits per heavy atom. The standard InChI is InChI=1S/C10H12N4O2/c1-7-13-10(16-14-7)12-6-8-3-4-11-9(5-8)15-2/h3-5H,6H2,1-2H3,(H,12,13,14). The summed E-state index contributed by atoms with van der Waals surface area (Å²) in [5, 5.41) is 6.69. The second kappa shape index (κ2) is 4.61. The first-order chi connectivity index (χ1) is 7.78. The van der Waals surface area contributed by atoms with E-state index < -0.39 is 0 Å². The lowest BCUT2D eigenvalue weighted by Crippen LogP contribution is -2.00. The molecule has 0 radical (unpaired) electrons. The largest absolute Gasteiger partial charge is 0.481 e. The Balaban J connectivity index is 1.99. The Bertz CT molecular complexity index is 469. The Morgan fingerprint density at radius 3 is 3.06 bits per heavy atom. The number of methoxy groups -OCH3 is 1. The molecule has 2 aromatic heterocycles. The number of rotatable bonds is 4. The summed E-state index contributed by atoms with van der Waals surface area (Å²) in [7, 11) is 1.58. The third-order valence-electron chi connectivity index (χ3n) is 1.98. The molecular formula is C10H12N4O2. The van der Waals surface area contributed by atoms with Crippen LogP contribution in [0.25, 0.3) is 0 Å². The van der Waals surface area contributed by atoms with E-state index in [1.807, 2.05) is 12.1 Å². The highest BCUT2D eigenvalue weighted by Gasteiger charge is 2.02. The smallest absolute Gasteiger partial charge is 0.321 e. The van der Waals surface area contributed by atoms with Crippen LogP contribution in [0.3, 0.4) is 0 Å². The van der Waals surface area contributed by atoms with Crippen molar-refractivity contribution in [3.8, 4) is 5.88 Å². The number of aromatic nitrogens is 3. The number of nitrogens with one attached hydrogen (secondary N) is 1. The number of anilines is 1. The number of hydrogen-bond acceptors (Lipinski definition) is 6. The van der Waals surface area contributed by atoms with Gasteiger partial charge in [0.05, 0.1) is 7.11 Å². The fourth-order valence-corrected chi connectivity index (χ4v) is 1.22. The second-order valence-corrected chi connectivity index (χ2v) is 3.21. The quantitative estimate of drug-likeness (QED) is 0.839. The zero-order valence-corrected chi connectivity index (χ0v) is 9.10. The monoisotopic (exact) mass is 220 g/mol. The first-order valence-corrected chi connectivity index (χ1v) is 4.81. The van der Waals surface area contributed by atoms with Crippen molar-refractivity contribution >= 4 is 6.01 Å². The van der Waals surface area contributed by atoms with Crippen LogP contribution in [0.5, 0.6) is 5.88 Å². The van der Waals surface area contributed by atoms with Gasteiger partial charge < -0.3 is 14.6 Å². The summed E-state index contributed by atoms with van der Waals surface area (Å²) in [6.45, 7) is 2.35. The third-order valence-corrected chi connectivity index (χ3v) is 1.98. The molecule has 0 saturated heterocycles. The van der Waals surface area contributed by atoms with Gasteiger partial charge in [-0.2, -0.15) is 4.98 Å². The number of aryl methyl sites for hydroxylation is 1. The molecule has 84 valence electrons. The van der Waals surface area contributed by atoms with E-state index in [4.69, 9.17) is 9.26 Å². The SMILES string of the molecule is COc1cc(CNc2nc(C)no2)ccn1. The molecule has 0 spiro atoms. The fourth-order valence-electron chi connectivity index (χ4n) is 1.22. The van der Waals surface area contributed by atoms with Gasteiger partial charge >= 0.3 is 6.01 Å². The lowest BCUT2D eigenvalue weighted by Gasteiger charge is -2.03. The van der Waals surface area contributed by atoms with Crippen molar-refractivity contribution in [2.45, 2.75) is 13.5 Å². The number of ether oxygens (including phenoxy) is 1. The second-order valence-electron chi connectivity index (χ2n) is 3.21. The minimum Gasteiger partial charge on any atom is -0.481 e. The Morgan fingerprint density at radius 1 is 1.50 bits per heavy atom. The van der Waals surface area contributed by atoms with Crippen molar-refractivity contribution in [2.75, 3.05) is 12.4 Å². The van der Waals surface area contributed by atoms with Gasteiger partial charge in [-0.05, 0) is 18.6 Å². The lowest BCUT2D eigenvalue weighted by molar-refractivity contribution is 0.397. The highest BCUT2D eigenvalue weighted by Crippen LogP contribution is 2.10. The van der Waals surface area contributed by atoms with Gasteiger partial charge in [0.15, 0.2) is 5.82 Å². The molecule has 0 aromatic carbocycles. The van der Waals surface area contributed by atoms with Crippen molar-refractivity contribution in [3.05, 3.63) is 29.7 Å². The minimum absolute atomic E-state index is 0.410. The molecule has 0 bridgehead atoms. The normalized spacial score (nSPS) is 10.1. The number of hydrogen-bond donors (Lipinski definition) is 1. The fraction of sp³-hybridized carbons (Fsp3) is 0.300. The van der Waals surface area contributed by atoms with E-state index in [0.717, 1.165) is 5.56 Å². The zero-order valence-electron chi connectivity index (χ0n) is 9.10. The summed E-state index contributed by atoms with van der Waals surface area (Å²) in [5.74, 6) is 1.19. The molecule has 16 heavy (non-hydrogen) atoms. The van der Waals surface area contributed by atoms with E-state index in [1.165, 1.54) is 0 Å². The van der Waals surface area contributed by atoms with Crippen molar-refractivity contribution in [2.24, 2.45) is 0 Å². The summed E-state index contributed by atoms with van der Waals surface area (Å²) < 4.78 is 9.94. The van der Waals surface area contributed by atoms with Gasteiger partial charge in [-0.1, -0.05) is 5.16 Å². The molecule has 6 nitrogen and oxygen atoms in total. The van der Waals surface area contributed by atoms with E-state index in [1.54, 1.807) is 20.2 Å². The van der Waals surface area contributed by atoms with Gasteiger partial charge in [-0.3, -0.25) is 0 Å². The van der Waals surface area contributed by atoms with Crippen molar-refractivity contribution in [1.29, 1.82) is 0 Å². The molecule has 6 heteroatoms. The van der Waals surface area contributed by atoms with E-state index >= 15 is 0 Å². The molecule has 0 aliphatic carbocycles. The van der Waals surface area contributed by atoms with Gasteiger partial charge in [-0.15, -0.1) is 0 Å². The topological polar surface area (TPSA) is 73.1 Å². The van der Waals surface area contributed by atoms with Crippen molar-refractivity contribution in [1.82, 2.24) is 15.1 Å². The molecule has 2 rings (SSSR count). The maximum Gasteiger partial charge on any atom is 0.321 e. The van der Waals surface area contributed by atoms with Crippen LogP contribution in [0.4, 0.5) is 6.01 Å². The van der Waals surface area contributed by atoms with Crippen LogP contribution in [-0.4, -0.2) is 22.2 Å². The van der Waals surface area contributed by atoms with Crippen LogP contribution >= 0.6 is 0 Å². The summed E-state index contributed by atoms with van der Waals surface area (Å²) in [4.78, 5) is 8.05. The van der Waals surface area contributed by atoms with E-state index in [9.17, 15) is 0 Å². The van der Waals surface area contributed by atoms with Crippen LogP contribution in [0.1, 0.15) is 11.4 Å². The molecule has 1 N–H and O–H groups in total. The van der Waals surface area contributed by atoms with Crippen molar-refractivity contribution in [3.63, 3.8) is 0 Å². The zero-order chi connectivity index (χ0) is 11.4. The Labute approximate surface area is 92.7 Å². The van der Waals surface area contributed by atoms with E-state index in [0.29, 0.717) is 24.3 Å². The Hall–Kier alpha value is -2.11. The predicted octanol–water partition coefficient (Wildman–Crippen LogP) is 1.39. The Kier molecular flexibility index (Phi) is 3.00. The van der Waals surface area contributed by atoms with Crippen LogP contribution in [0.2, 0.25) is 0 Å². The summed E-state index contributed by atoms with van der Waals surface area (Å²) in [6, 6.07) is 4.14. The highest BCUT2D eigenvalue weighted by molar-refractivity contribution is 5.26. The molecule has 0 aliphatic rings. The number of pyridine rings is 1. The highest BCUT2D eigenvalue weighted by atomic mass is 16.5. The molecule has 2 heterocycles. The van der Waals surface area contributed by atoms with Crippen LogP contribution in [0.15, 0.2) is 22.9 Å². The van der Waals surface area contributed by atoms with Gasteiger partial charge in [-0.25, -0.2) is 4.98 Å². The predicted molar refractivity (Wildman–Crippen MR) is 57.2 cm³/mol. The lowest BCUT2D eigenvalue weighted by atomic mass is 10.2. The van der Waals surface area contributed by atoms with Crippen LogP contribution < -0.4 is 10.1 Å². The maximum absolute atomic E-state index is 5.02. The van der Waals surface area contributed by atoms with Crippen LogP contribution in [-0.2, 0) is 6.54 Å². The molecule has 0 unspecified atom stereocenters. The van der Waals surface area contributed by atoms with Gasteiger partial charge in [0.25, 0.3) is 0 Å². The molecule has 0 atom stereocenters. The molecular weight excluding hydrogens is 208 g/mol. The van der Waals surface area contributed by atoms with Gasteiger partial charge in [0.2, 0.25) is 5.88 Å². The molecule has 0 amide bonds. The maximum atomic E-state index is 5.02. The van der Waals surface area contributed by atoms with Crippen LogP contribution in [0, 0.1) is 6.92 Å².